The van der Waals surface area contributed by atoms with Gasteiger partial charge < -0.3 is 15.4 Å². The van der Waals surface area contributed by atoms with Gasteiger partial charge in [-0.3, -0.25) is 9.47 Å². The molecule has 2 N–H and O–H groups in total. The maximum atomic E-state index is 14.4. The van der Waals surface area contributed by atoms with Crippen LogP contribution in [0, 0.1) is 17.1 Å². The molecule has 4 heterocycles. The van der Waals surface area contributed by atoms with Gasteiger partial charge in [-0.1, -0.05) is 12.1 Å². The number of nitriles is 1. The number of halogens is 1. The lowest BCUT2D eigenvalue weighted by Crippen LogP contribution is -2.49. The minimum atomic E-state index is -1.06. The molecule has 1 aromatic heterocycles. The van der Waals surface area contributed by atoms with E-state index in [1.807, 2.05) is 6.92 Å². The second-order valence-corrected chi connectivity index (χ2v) is 8.20. The fraction of sp³-hybridized carbons (Fsp3) is 0.217. The number of ether oxygens (including phenoxy) is 1. The number of imidazole rings is 1. The van der Waals surface area contributed by atoms with Gasteiger partial charge in [-0.2, -0.15) is 5.26 Å². The number of amides is 2. The number of fused-ring (bicyclic) bond motifs is 3. The van der Waals surface area contributed by atoms with Gasteiger partial charge in [0.15, 0.2) is 17.2 Å². The van der Waals surface area contributed by atoms with E-state index in [-0.39, 0.29) is 18.4 Å². The lowest BCUT2D eigenvalue weighted by Gasteiger charge is -2.40. The van der Waals surface area contributed by atoms with Gasteiger partial charge in [0.25, 0.3) is 0 Å². The van der Waals surface area contributed by atoms with E-state index in [1.54, 1.807) is 52.3 Å². The van der Waals surface area contributed by atoms with Crippen molar-refractivity contribution in [2.24, 2.45) is 4.99 Å². The summed E-state index contributed by atoms with van der Waals surface area (Å²) in [4.78, 5) is 24.1. The molecule has 1 unspecified atom stereocenters. The zero-order chi connectivity index (χ0) is 22.7. The lowest BCUT2D eigenvalue weighted by molar-refractivity contribution is 0.109. The van der Waals surface area contributed by atoms with Crippen LogP contribution in [0.1, 0.15) is 30.5 Å². The molecule has 33 heavy (non-hydrogen) atoms. The van der Waals surface area contributed by atoms with Crippen molar-refractivity contribution in [2.45, 2.75) is 25.0 Å². The smallest absolute Gasteiger partial charge is 0.324 e. The summed E-state index contributed by atoms with van der Waals surface area (Å²) in [5, 5.41) is 15.3. The van der Waals surface area contributed by atoms with Gasteiger partial charge in [-0.15, -0.1) is 0 Å². The van der Waals surface area contributed by atoms with E-state index in [0.29, 0.717) is 40.2 Å². The maximum absolute atomic E-state index is 14.4. The van der Waals surface area contributed by atoms with Gasteiger partial charge in [0, 0.05) is 18.2 Å². The third kappa shape index (κ3) is 2.72. The molecule has 3 aliphatic rings. The number of urea groups is 1. The molecule has 3 aromatic rings. The summed E-state index contributed by atoms with van der Waals surface area (Å²) in [5.41, 5.74) is 2.06. The molecule has 0 radical (unpaired) electrons. The molecule has 0 saturated carbocycles. The van der Waals surface area contributed by atoms with E-state index in [4.69, 9.17) is 9.73 Å². The van der Waals surface area contributed by atoms with Crippen LogP contribution in [0.4, 0.5) is 9.18 Å². The standard InChI is InChI=1S/C23H18FN7O2/c1-23-19(11-26-21(29-23)30-12-27-16-6-5-13(10-25)9-18(16)30)28-22(32)31(23)17-7-8-33-20-14(17)3-2-4-15(20)24/h2-6,9,11-12,17H,7-8H2,1H3,(H,26,29)(H,28,32)/t17-,23?/m1/s1. The van der Waals surface area contributed by atoms with Crippen LogP contribution in [0.3, 0.4) is 0 Å². The van der Waals surface area contributed by atoms with Crippen LogP contribution in [0.5, 0.6) is 5.75 Å². The summed E-state index contributed by atoms with van der Waals surface area (Å²) in [6.45, 7) is 2.13. The predicted octanol–water partition coefficient (Wildman–Crippen LogP) is 2.96. The Hall–Kier alpha value is -4.39. The zero-order valence-electron chi connectivity index (χ0n) is 17.5. The minimum absolute atomic E-state index is 0.172. The molecule has 0 aliphatic carbocycles. The van der Waals surface area contributed by atoms with Crippen molar-refractivity contribution < 1.29 is 13.9 Å². The first-order chi connectivity index (χ1) is 16.0. The summed E-state index contributed by atoms with van der Waals surface area (Å²) in [6, 6.07) is 11.3. The summed E-state index contributed by atoms with van der Waals surface area (Å²) in [6.07, 6.45) is 3.82. The molecule has 2 aromatic carbocycles. The van der Waals surface area contributed by atoms with Crippen molar-refractivity contribution >= 4 is 23.0 Å². The monoisotopic (exact) mass is 443 g/mol. The zero-order valence-corrected chi connectivity index (χ0v) is 17.5. The van der Waals surface area contributed by atoms with E-state index in [1.165, 1.54) is 6.07 Å². The van der Waals surface area contributed by atoms with Crippen LogP contribution in [-0.2, 0) is 0 Å². The number of aromatic nitrogens is 2. The first-order valence-corrected chi connectivity index (χ1v) is 10.5. The predicted molar refractivity (Wildman–Crippen MR) is 117 cm³/mol. The number of carbonyl (C=O) groups excluding carboxylic acids is 1. The topological polar surface area (TPSA) is 108 Å². The summed E-state index contributed by atoms with van der Waals surface area (Å²) < 4.78 is 21.7. The number of benzene rings is 2. The molecule has 6 rings (SSSR count). The number of carbonyl (C=O) groups is 1. The number of nitrogens with one attached hydrogen (secondary N) is 2. The van der Waals surface area contributed by atoms with Crippen molar-refractivity contribution in [2.75, 3.05) is 6.61 Å². The van der Waals surface area contributed by atoms with Gasteiger partial charge in [-0.05, 0) is 31.2 Å². The second-order valence-electron chi connectivity index (χ2n) is 8.20. The quantitative estimate of drug-likeness (QED) is 0.601. The largest absolute Gasteiger partial charge is 0.490 e. The SMILES string of the molecule is CC12N=C(n3cnc4ccc(C#N)cc43)NC=C1NC(=O)N2[C@@H]1CCOc2c(F)cccc21. The average molecular weight is 443 g/mol. The average Bonchev–Trinajstić information content (AvgIpc) is 3.35. The highest BCUT2D eigenvalue weighted by Gasteiger charge is 2.52. The molecule has 164 valence electrons. The Morgan fingerprint density at radius 3 is 3.06 bits per heavy atom. The van der Waals surface area contributed by atoms with Crippen LogP contribution in [-0.4, -0.2) is 38.7 Å². The van der Waals surface area contributed by atoms with Crippen molar-refractivity contribution in [3.05, 3.63) is 71.6 Å². The summed E-state index contributed by atoms with van der Waals surface area (Å²) in [7, 11) is 0. The normalized spacial score (nSPS) is 23.5. The van der Waals surface area contributed by atoms with E-state index >= 15 is 0 Å². The summed E-state index contributed by atoms with van der Waals surface area (Å²) >= 11 is 0. The Kier molecular flexibility index (Phi) is 3.98. The van der Waals surface area contributed by atoms with Crippen molar-refractivity contribution in [1.29, 1.82) is 5.26 Å². The minimum Gasteiger partial charge on any atom is -0.490 e. The van der Waals surface area contributed by atoms with Crippen molar-refractivity contribution in [3.63, 3.8) is 0 Å². The lowest BCUT2D eigenvalue weighted by atomic mass is 9.96. The fourth-order valence-electron chi connectivity index (χ4n) is 4.73. The highest BCUT2D eigenvalue weighted by atomic mass is 19.1. The van der Waals surface area contributed by atoms with Crippen LogP contribution < -0.4 is 15.4 Å². The maximum Gasteiger partial charge on any atom is 0.324 e. The Morgan fingerprint density at radius 1 is 1.33 bits per heavy atom. The molecular weight excluding hydrogens is 425 g/mol. The van der Waals surface area contributed by atoms with Crippen LogP contribution >= 0.6 is 0 Å². The van der Waals surface area contributed by atoms with Crippen molar-refractivity contribution in [1.82, 2.24) is 25.1 Å². The van der Waals surface area contributed by atoms with Gasteiger partial charge in [0.2, 0.25) is 5.96 Å². The molecule has 10 heteroatoms. The van der Waals surface area contributed by atoms with Gasteiger partial charge in [-0.25, -0.2) is 19.2 Å². The molecular formula is C23H18FN7O2. The van der Waals surface area contributed by atoms with Gasteiger partial charge in [0.1, 0.15) is 6.33 Å². The third-order valence-electron chi connectivity index (χ3n) is 6.32. The number of para-hydroxylation sites is 1. The third-order valence-corrected chi connectivity index (χ3v) is 6.32. The first-order valence-electron chi connectivity index (χ1n) is 10.5. The van der Waals surface area contributed by atoms with E-state index in [2.05, 4.69) is 21.7 Å². The Balaban J connectivity index is 1.47. The Morgan fingerprint density at radius 2 is 2.21 bits per heavy atom. The van der Waals surface area contributed by atoms with Gasteiger partial charge >= 0.3 is 6.03 Å². The number of hydrogen-bond acceptors (Lipinski definition) is 6. The van der Waals surface area contributed by atoms with Crippen LogP contribution in [0.15, 0.2) is 59.6 Å². The van der Waals surface area contributed by atoms with Gasteiger partial charge in [0.05, 0.1) is 41.0 Å². The first kappa shape index (κ1) is 19.3. The highest BCUT2D eigenvalue weighted by molar-refractivity contribution is 5.95. The number of aliphatic imine (C=N–C) groups is 1. The van der Waals surface area contributed by atoms with E-state index in [9.17, 15) is 14.4 Å². The van der Waals surface area contributed by atoms with E-state index < -0.39 is 17.5 Å². The van der Waals surface area contributed by atoms with E-state index in [0.717, 1.165) is 0 Å². The molecule has 3 aliphatic heterocycles. The molecule has 0 spiro atoms. The molecule has 2 atom stereocenters. The number of hydrogen-bond donors (Lipinski definition) is 2. The molecule has 1 fully saturated rings. The number of rotatable bonds is 1. The summed E-state index contributed by atoms with van der Waals surface area (Å²) in [5.74, 6) is 0.169. The Labute approximate surface area is 187 Å². The number of nitrogens with zero attached hydrogens (tertiary/aromatic N) is 5. The van der Waals surface area contributed by atoms with Crippen LogP contribution in [0.25, 0.3) is 11.0 Å². The highest BCUT2D eigenvalue weighted by Crippen LogP contribution is 2.45. The van der Waals surface area contributed by atoms with Crippen LogP contribution in [0.2, 0.25) is 0 Å². The molecule has 0 bridgehead atoms. The second kappa shape index (κ2) is 6.80. The molecule has 9 nitrogen and oxygen atoms in total. The fourth-order valence-corrected chi connectivity index (χ4v) is 4.73. The molecule has 1 saturated heterocycles. The Bertz CT molecular complexity index is 1440. The van der Waals surface area contributed by atoms with Crippen molar-refractivity contribution in [3.8, 4) is 11.8 Å². The molecule has 2 amide bonds.